The molecular weight excluding hydrogens is 478 g/mol. The van der Waals surface area contributed by atoms with Gasteiger partial charge in [-0.3, -0.25) is 0 Å². The van der Waals surface area contributed by atoms with Gasteiger partial charge in [0, 0.05) is 18.8 Å². The molecule has 170 valence electrons. The average Bonchev–Trinajstić information content (AvgIpc) is 3.36. The topological polar surface area (TPSA) is 129 Å². The smallest absolute Gasteiger partial charge is 0.414 e. The molecule has 2 aromatic heterocycles. The van der Waals surface area contributed by atoms with E-state index in [9.17, 15) is 0 Å². The maximum atomic E-state index is 9.10. The Bertz CT molecular complexity index is 874. The van der Waals surface area contributed by atoms with Gasteiger partial charge in [-0.2, -0.15) is 8.75 Å². The second kappa shape index (κ2) is 13.8. The van der Waals surface area contributed by atoms with Crippen LogP contribution in [0.4, 0.5) is 0 Å². The van der Waals surface area contributed by atoms with Gasteiger partial charge in [0.2, 0.25) is 0 Å². The molecule has 0 unspecified atom stereocenters. The lowest BCUT2D eigenvalue weighted by molar-refractivity contribution is -0.159. The van der Waals surface area contributed by atoms with E-state index in [1.165, 1.54) is 36.6 Å². The summed E-state index contributed by atoms with van der Waals surface area (Å²) in [6, 6.07) is 0. The predicted molar refractivity (Wildman–Crippen MR) is 125 cm³/mol. The number of aliphatic carboxylic acids is 2. The highest BCUT2D eigenvalue weighted by Crippen LogP contribution is 2.29. The van der Waals surface area contributed by atoms with Crippen molar-refractivity contribution < 1.29 is 19.8 Å². The second-order valence-electron chi connectivity index (χ2n) is 6.63. The van der Waals surface area contributed by atoms with Crippen molar-refractivity contribution in [2.45, 2.75) is 42.0 Å². The number of carbonyl (C=O) groups is 2. The number of nitrogens with zero attached hydrogens (tertiary/aromatic N) is 5. The molecule has 9 nitrogen and oxygen atoms in total. The van der Waals surface area contributed by atoms with Gasteiger partial charge in [-0.25, -0.2) is 9.59 Å². The third kappa shape index (κ3) is 9.64. The maximum absolute atomic E-state index is 9.10. The van der Waals surface area contributed by atoms with E-state index in [1.54, 1.807) is 11.3 Å². The number of carboxylic acids is 2. The minimum Gasteiger partial charge on any atom is -0.473 e. The van der Waals surface area contributed by atoms with Crippen molar-refractivity contribution in [3.05, 3.63) is 16.8 Å². The summed E-state index contributed by atoms with van der Waals surface area (Å²) >= 11 is 6.70. The molecule has 2 aromatic rings. The second-order valence-corrected chi connectivity index (χ2v) is 10.8. The summed E-state index contributed by atoms with van der Waals surface area (Å²) in [4.78, 5) is 20.5. The SMILES string of the molecule is Cc1nnc(SCCCCCSc2nsnc2C2=CCCN(C)C2)s1.O=C(O)C(=O)O. The lowest BCUT2D eigenvalue weighted by Crippen LogP contribution is -2.25. The van der Waals surface area contributed by atoms with Crippen molar-refractivity contribution in [1.29, 1.82) is 0 Å². The van der Waals surface area contributed by atoms with Crippen LogP contribution in [0.5, 0.6) is 0 Å². The molecule has 0 radical (unpaired) electrons. The Morgan fingerprint density at radius 3 is 2.42 bits per heavy atom. The molecule has 31 heavy (non-hydrogen) atoms. The van der Waals surface area contributed by atoms with Gasteiger partial charge in [0.25, 0.3) is 0 Å². The molecular formula is C18H25N5O4S4. The molecule has 1 aliphatic heterocycles. The highest BCUT2D eigenvalue weighted by molar-refractivity contribution is 8.01. The van der Waals surface area contributed by atoms with Crippen molar-refractivity contribution >= 4 is 64.1 Å². The highest BCUT2D eigenvalue weighted by Gasteiger charge is 2.17. The fourth-order valence-electron chi connectivity index (χ4n) is 2.58. The van der Waals surface area contributed by atoms with Gasteiger partial charge in [0.15, 0.2) is 4.34 Å². The molecule has 0 aromatic carbocycles. The van der Waals surface area contributed by atoms with Crippen LogP contribution in [0.1, 0.15) is 36.4 Å². The van der Waals surface area contributed by atoms with Crippen molar-refractivity contribution in [2.24, 2.45) is 0 Å². The Morgan fingerprint density at radius 2 is 1.81 bits per heavy atom. The molecule has 1 aliphatic rings. The van der Waals surface area contributed by atoms with Gasteiger partial charge >= 0.3 is 11.9 Å². The molecule has 13 heteroatoms. The number of rotatable bonds is 9. The van der Waals surface area contributed by atoms with Crippen LogP contribution in [-0.2, 0) is 9.59 Å². The number of aryl methyl sites for hydroxylation is 1. The predicted octanol–water partition coefficient (Wildman–Crippen LogP) is 3.63. The van der Waals surface area contributed by atoms with E-state index in [1.807, 2.05) is 30.4 Å². The molecule has 0 atom stereocenters. The summed E-state index contributed by atoms with van der Waals surface area (Å²) in [5.41, 5.74) is 2.46. The lowest BCUT2D eigenvalue weighted by Gasteiger charge is -2.22. The van der Waals surface area contributed by atoms with Crippen LogP contribution in [0, 0.1) is 6.92 Å². The molecule has 0 saturated carbocycles. The summed E-state index contributed by atoms with van der Waals surface area (Å²) < 4.78 is 10.1. The van der Waals surface area contributed by atoms with Gasteiger partial charge in [0.1, 0.15) is 15.7 Å². The number of hydrogen-bond donors (Lipinski definition) is 2. The number of carboxylic acid groups (broad SMARTS) is 2. The van der Waals surface area contributed by atoms with Crippen LogP contribution in [0.15, 0.2) is 15.4 Å². The Kier molecular flexibility index (Phi) is 11.4. The normalized spacial score (nSPS) is 13.9. The number of likely N-dealkylation sites (N-methyl/N-ethyl adjacent to an activating group) is 1. The number of unbranched alkanes of at least 4 members (excludes halogenated alkanes) is 2. The van der Waals surface area contributed by atoms with E-state index < -0.39 is 11.9 Å². The molecule has 0 fully saturated rings. The van der Waals surface area contributed by atoms with Crippen LogP contribution in [-0.4, -0.2) is 77.6 Å². The van der Waals surface area contributed by atoms with E-state index in [2.05, 4.69) is 37.0 Å². The first kappa shape index (κ1) is 25.7. The molecule has 0 amide bonds. The molecule has 2 N–H and O–H groups in total. The van der Waals surface area contributed by atoms with Crippen molar-refractivity contribution in [3.63, 3.8) is 0 Å². The standard InChI is InChI=1S/C16H23N5S4.C2H2O4/c1-12-17-18-16(24-12)23-10-5-3-4-9-22-15-14(19-25-20-15)13-7-6-8-21(2)11-13;3-1(4)2(5)6/h7H,3-6,8-11H2,1-2H3;(H,3,4)(H,5,6). The molecule has 3 heterocycles. The third-order valence-electron chi connectivity index (χ3n) is 4.05. The van der Waals surface area contributed by atoms with E-state index >= 15 is 0 Å². The summed E-state index contributed by atoms with van der Waals surface area (Å²) in [5.74, 6) is -1.41. The summed E-state index contributed by atoms with van der Waals surface area (Å²) in [5, 5.41) is 25.1. The first-order chi connectivity index (χ1) is 14.9. The fourth-order valence-corrected chi connectivity index (χ4v) is 6.18. The van der Waals surface area contributed by atoms with Crippen molar-refractivity contribution in [1.82, 2.24) is 23.8 Å². The van der Waals surface area contributed by atoms with Gasteiger partial charge < -0.3 is 15.1 Å². The number of thioether (sulfide) groups is 2. The van der Waals surface area contributed by atoms with Crippen LogP contribution in [0.2, 0.25) is 0 Å². The zero-order chi connectivity index (χ0) is 22.6. The summed E-state index contributed by atoms with van der Waals surface area (Å²) in [7, 11) is 2.17. The number of aromatic nitrogens is 4. The van der Waals surface area contributed by atoms with Gasteiger partial charge in [0.05, 0.1) is 11.7 Å². The van der Waals surface area contributed by atoms with Crippen LogP contribution in [0.3, 0.4) is 0 Å². The molecule has 0 aliphatic carbocycles. The third-order valence-corrected chi connectivity index (χ3v) is 7.80. The van der Waals surface area contributed by atoms with Crippen LogP contribution in [0.25, 0.3) is 5.57 Å². The lowest BCUT2D eigenvalue weighted by atomic mass is 10.1. The highest BCUT2D eigenvalue weighted by atomic mass is 32.2. The zero-order valence-electron chi connectivity index (χ0n) is 17.3. The summed E-state index contributed by atoms with van der Waals surface area (Å²) in [6.07, 6.45) is 7.13. The van der Waals surface area contributed by atoms with E-state index in [-0.39, 0.29) is 0 Å². The number of hydrogen-bond acceptors (Lipinski definition) is 11. The molecule has 0 saturated heterocycles. The molecule has 0 spiro atoms. The van der Waals surface area contributed by atoms with Gasteiger partial charge in [-0.05, 0) is 44.6 Å². The van der Waals surface area contributed by atoms with Gasteiger partial charge in [-0.1, -0.05) is 35.6 Å². The van der Waals surface area contributed by atoms with Crippen LogP contribution >= 0.6 is 46.6 Å². The fraction of sp³-hybridized carbons (Fsp3) is 0.556. The Labute approximate surface area is 197 Å². The Balaban J connectivity index is 0.000000501. The minimum atomic E-state index is -1.82. The molecule has 3 rings (SSSR count). The van der Waals surface area contributed by atoms with E-state index in [0.717, 1.165) is 51.1 Å². The Morgan fingerprint density at radius 1 is 1.10 bits per heavy atom. The first-order valence-electron chi connectivity index (χ1n) is 9.59. The average molecular weight is 504 g/mol. The molecule has 0 bridgehead atoms. The van der Waals surface area contributed by atoms with Crippen molar-refractivity contribution in [3.8, 4) is 0 Å². The van der Waals surface area contributed by atoms with Crippen molar-refractivity contribution in [2.75, 3.05) is 31.6 Å². The van der Waals surface area contributed by atoms with E-state index in [0.29, 0.717) is 0 Å². The van der Waals surface area contributed by atoms with E-state index in [4.69, 9.17) is 19.8 Å². The zero-order valence-corrected chi connectivity index (χ0v) is 20.6. The van der Waals surface area contributed by atoms with Crippen LogP contribution < -0.4 is 0 Å². The monoisotopic (exact) mass is 503 g/mol. The largest absolute Gasteiger partial charge is 0.473 e. The summed E-state index contributed by atoms with van der Waals surface area (Å²) in [6.45, 7) is 4.13. The maximum Gasteiger partial charge on any atom is 0.414 e. The quantitative estimate of drug-likeness (QED) is 0.295. The first-order valence-corrected chi connectivity index (χ1v) is 13.1. The minimum absolute atomic E-state index is 0.987. The van der Waals surface area contributed by atoms with Gasteiger partial charge in [-0.15, -0.1) is 22.0 Å². The Hall–Kier alpha value is -1.54.